The Morgan fingerprint density at radius 3 is 2.20 bits per heavy atom. The highest BCUT2D eigenvalue weighted by atomic mass is 16.7. The van der Waals surface area contributed by atoms with E-state index in [1.54, 1.807) is 0 Å². The maximum atomic E-state index is 13.5. The summed E-state index contributed by atoms with van der Waals surface area (Å²) in [6, 6.07) is 7.42. The number of aromatic hydroxyl groups is 3. The predicted molar refractivity (Wildman–Crippen MR) is 134 cm³/mol. The summed E-state index contributed by atoms with van der Waals surface area (Å²) >= 11 is 0. The summed E-state index contributed by atoms with van der Waals surface area (Å²) in [7, 11) is 0. The molecule has 9 N–H and O–H groups in total. The number of hydrogen-bond donors (Lipinski definition) is 9. The van der Waals surface area contributed by atoms with Crippen molar-refractivity contribution in [2.75, 3.05) is 13.2 Å². The first-order valence-electron chi connectivity index (χ1n) is 12.4. The topological polar surface area (TPSA) is 249 Å². The number of ether oxygens (including phenoxy) is 4. The van der Waals surface area contributed by atoms with E-state index in [9.17, 15) is 50.8 Å². The number of phenolic OH excluding ortho intramolecular Hbond substituents is 3. The van der Waals surface area contributed by atoms with E-state index >= 15 is 0 Å². The summed E-state index contributed by atoms with van der Waals surface area (Å²) in [5.41, 5.74) is -0.868. The van der Waals surface area contributed by atoms with Crippen molar-refractivity contribution in [2.24, 2.45) is 0 Å². The molecule has 0 bridgehead atoms. The Hall–Kier alpha value is -3.51. The molecule has 9 atom stereocenters. The van der Waals surface area contributed by atoms with Crippen LogP contribution in [-0.4, -0.2) is 114 Å². The van der Waals surface area contributed by atoms with Gasteiger partial charge in [-0.05, 0) is 24.3 Å². The van der Waals surface area contributed by atoms with Gasteiger partial charge in [0.1, 0.15) is 70.9 Å². The largest absolute Gasteiger partial charge is 0.508 e. The Kier molecular flexibility index (Phi) is 8.06. The van der Waals surface area contributed by atoms with E-state index in [2.05, 4.69) is 0 Å². The lowest BCUT2D eigenvalue weighted by Gasteiger charge is -2.43. The first-order chi connectivity index (χ1) is 19.5. The summed E-state index contributed by atoms with van der Waals surface area (Å²) < 4.78 is 27.7. The number of phenols is 3. The average Bonchev–Trinajstić information content (AvgIpc) is 2.94. The molecule has 0 aliphatic carbocycles. The van der Waals surface area contributed by atoms with Crippen LogP contribution < -0.4 is 10.2 Å². The highest BCUT2D eigenvalue weighted by Gasteiger charge is 2.48. The molecule has 41 heavy (non-hydrogen) atoms. The minimum Gasteiger partial charge on any atom is -0.508 e. The number of fused-ring (bicyclic) bond motifs is 1. The second kappa shape index (κ2) is 11.4. The Morgan fingerprint density at radius 2 is 1.51 bits per heavy atom. The van der Waals surface area contributed by atoms with Gasteiger partial charge in [-0.1, -0.05) is 0 Å². The second-order valence-electron chi connectivity index (χ2n) is 9.65. The lowest BCUT2D eigenvalue weighted by Crippen LogP contribution is -2.62. The Balaban J connectivity index is 1.42. The Bertz CT molecular complexity index is 1440. The summed E-state index contributed by atoms with van der Waals surface area (Å²) in [6.07, 6.45) is -14.7. The van der Waals surface area contributed by atoms with E-state index in [0.717, 1.165) is 12.1 Å². The summed E-state index contributed by atoms with van der Waals surface area (Å²) in [5.74, 6) is -1.84. The van der Waals surface area contributed by atoms with Gasteiger partial charge in [0.05, 0.1) is 13.2 Å². The average molecular weight is 580 g/mol. The minimum atomic E-state index is -1.87. The third-order valence-electron chi connectivity index (χ3n) is 6.87. The monoisotopic (exact) mass is 580 g/mol. The van der Waals surface area contributed by atoms with Crippen molar-refractivity contribution in [3.8, 4) is 34.3 Å². The molecule has 2 saturated heterocycles. The van der Waals surface area contributed by atoms with E-state index < -0.39 is 85.4 Å². The maximum absolute atomic E-state index is 13.5. The lowest BCUT2D eigenvalue weighted by atomic mass is 9.99. The zero-order valence-electron chi connectivity index (χ0n) is 21.0. The maximum Gasteiger partial charge on any atom is 0.239 e. The molecule has 2 aliphatic rings. The van der Waals surface area contributed by atoms with E-state index in [0.29, 0.717) is 0 Å². The zero-order valence-corrected chi connectivity index (χ0v) is 21.0. The van der Waals surface area contributed by atoms with Gasteiger partial charge in [-0.3, -0.25) is 4.79 Å². The van der Waals surface area contributed by atoms with Crippen molar-refractivity contribution in [3.63, 3.8) is 0 Å². The van der Waals surface area contributed by atoms with Gasteiger partial charge >= 0.3 is 0 Å². The first-order valence-corrected chi connectivity index (χ1v) is 12.4. The molecular formula is C26H28O15. The standard InChI is InChI=1S/C26H28O15/c27-7-14-17(31)20(34)22(36)26(39-14)40-15-8-37-25(21(35)18(15)32)41-24-19(33)16-12(30)5-11(29)6-13(16)38-23(24)9-1-3-10(28)4-2-9/h1-6,14-15,17-18,20-22,25-32,34-36H,7-8H2/t14-,15+,17-,18-,20+,21+,22-,25-,26+/m1/s1. The molecule has 3 heterocycles. The second-order valence-corrected chi connectivity index (χ2v) is 9.65. The molecule has 2 aliphatic heterocycles. The molecule has 0 saturated carbocycles. The molecule has 15 nitrogen and oxygen atoms in total. The normalized spacial score (nSPS) is 32.2. The van der Waals surface area contributed by atoms with E-state index in [-0.39, 0.29) is 33.8 Å². The molecular weight excluding hydrogens is 552 g/mol. The van der Waals surface area contributed by atoms with Crippen LogP contribution in [0.4, 0.5) is 0 Å². The summed E-state index contributed by atoms with van der Waals surface area (Å²) in [6.45, 7) is -1.19. The van der Waals surface area contributed by atoms with Gasteiger partial charge in [0.25, 0.3) is 0 Å². The highest BCUT2D eigenvalue weighted by molar-refractivity contribution is 5.88. The number of hydrogen-bond acceptors (Lipinski definition) is 15. The molecule has 3 aromatic rings. The molecule has 15 heteroatoms. The van der Waals surface area contributed by atoms with Gasteiger partial charge in [-0.15, -0.1) is 0 Å². The van der Waals surface area contributed by atoms with Gasteiger partial charge in [-0.25, -0.2) is 0 Å². The quantitative estimate of drug-likeness (QED) is 0.156. The molecule has 2 aromatic carbocycles. The molecule has 0 unspecified atom stereocenters. The SMILES string of the molecule is O=c1c(O[C@H]2OC[C@H](O[C@@H]3O[C@H](CO)[C@@H](O)[C@H](O)[C@H]3O)[C@@H](O)[C@@H]2O)c(-c2ccc(O)cc2)oc2cc(O)cc(O)c12. The third-order valence-corrected chi connectivity index (χ3v) is 6.87. The summed E-state index contributed by atoms with van der Waals surface area (Å²) in [4.78, 5) is 13.5. The van der Waals surface area contributed by atoms with Crippen LogP contribution in [0.5, 0.6) is 23.0 Å². The Labute approximate surface area is 230 Å². The Morgan fingerprint density at radius 1 is 0.829 bits per heavy atom. The molecule has 0 spiro atoms. The highest BCUT2D eigenvalue weighted by Crippen LogP contribution is 2.37. The van der Waals surface area contributed by atoms with Gasteiger partial charge in [-0.2, -0.15) is 0 Å². The van der Waals surface area contributed by atoms with Crippen molar-refractivity contribution < 1.29 is 69.3 Å². The van der Waals surface area contributed by atoms with Crippen LogP contribution in [0, 0.1) is 0 Å². The molecule has 2 fully saturated rings. The minimum absolute atomic E-state index is 0.0887. The fourth-order valence-corrected chi connectivity index (χ4v) is 4.64. The first kappa shape index (κ1) is 29.0. The van der Waals surface area contributed by atoms with Crippen molar-refractivity contribution >= 4 is 11.0 Å². The molecule has 0 radical (unpaired) electrons. The fourth-order valence-electron chi connectivity index (χ4n) is 4.64. The lowest BCUT2D eigenvalue weighted by molar-refractivity contribution is -0.338. The van der Waals surface area contributed by atoms with E-state index in [1.165, 1.54) is 24.3 Å². The third kappa shape index (κ3) is 5.42. The van der Waals surface area contributed by atoms with Crippen molar-refractivity contribution in [1.29, 1.82) is 0 Å². The van der Waals surface area contributed by atoms with Gasteiger partial charge < -0.3 is 69.3 Å². The smallest absolute Gasteiger partial charge is 0.239 e. The van der Waals surface area contributed by atoms with Crippen LogP contribution in [-0.2, 0) is 14.2 Å². The van der Waals surface area contributed by atoms with Crippen LogP contribution in [0.25, 0.3) is 22.3 Å². The van der Waals surface area contributed by atoms with Gasteiger partial charge in [0, 0.05) is 17.7 Å². The molecule has 0 amide bonds. The van der Waals surface area contributed by atoms with Crippen LogP contribution in [0.2, 0.25) is 0 Å². The van der Waals surface area contributed by atoms with E-state index in [4.69, 9.17) is 23.4 Å². The predicted octanol–water partition coefficient (Wildman–Crippen LogP) is -1.78. The number of aliphatic hydroxyl groups excluding tert-OH is 6. The van der Waals surface area contributed by atoms with Crippen LogP contribution >= 0.6 is 0 Å². The molecule has 5 rings (SSSR count). The van der Waals surface area contributed by atoms with E-state index in [1.807, 2.05) is 0 Å². The fraction of sp³-hybridized carbons (Fsp3) is 0.423. The van der Waals surface area contributed by atoms with Gasteiger partial charge in [0.2, 0.25) is 17.5 Å². The van der Waals surface area contributed by atoms with Crippen LogP contribution in [0.15, 0.2) is 45.6 Å². The number of benzene rings is 2. The number of aliphatic hydroxyl groups is 6. The van der Waals surface area contributed by atoms with Crippen molar-refractivity contribution in [2.45, 2.75) is 55.3 Å². The molecule has 1 aromatic heterocycles. The van der Waals surface area contributed by atoms with Gasteiger partial charge in [0.15, 0.2) is 12.1 Å². The summed E-state index contributed by atoms with van der Waals surface area (Å²) in [5, 5.41) is 90.5. The number of rotatable bonds is 6. The zero-order chi connectivity index (χ0) is 29.6. The van der Waals surface area contributed by atoms with Crippen molar-refractivity contribution in [3.05, 3.63) is 46.6 Å². The van der Waals surface area contributed by atoms with Crippen LogP contribution in [0.3, 0.4) is 0 Å². The molecule has 222 valence electrons. The van der Waals surface area contributed by atoms with Crippen molar-refractivity contribution in [1.82, 2.24) is 0 Å². The van der Waals surface area contributed by atoms with Crippen LogP contribution in [0.1, 0.15) is 0 Å².